The third-order valence-corrected chi connectivity index (χ3v) is 4.93. The molecule has 0 unspecified atom stereocenters. The fraction of sp³-hybridized carbons (Fsp3) is 0.0714. The standard InChI is InChI=1S/C14H10BrN3O2S/c15-11-5-6-21-13(11)8-16-14-4-1-9-7-10(18(19)20)2-3-12(9)17-14/h1-7H,8H2,(H,16,17). The van der Waals surface area contributed by atoms with Crippen molar-refractivity contribution in [3.63, 3.8) is 0 Å². The Hall–Kier alpha value is -1.99. The lowest BCUT2D eigenvalue weighted by molar-refractivity contribution is -0.384. The molecule has 1 N–H and O–H groups in total. The van der Waals surface area contributed by atoms with E-state index in [1.54, 1.807) is 17.4 Å². The number of nitrogens with zero attached hydrogens (tertiary/aromatic N) is 2. The molecule has 0 saturated carbocycles. The Morgan fingerprint density at radius 1 is 1.29 bits per heavy atom. The first-order valence-corrected chi connectivity index (χ1v) is 7.82. The van der Waals surface area contributed by atoms with E-state index in [1.807, 2.05) is 23.6 Å². The maximum Gasteiger partial charge on any atom is 0.270 e. The molecule has 0 bridgehead atoms. The highest BCUT2D eigenvalue weighted by Gasteiger charge is 2.07. The van der Waals surface area contributed by atoms with Gasteiger partial charge in [-0.25, -0.2) is 4.98 Å². The molecule has 0 aliphatic carbocycles. The second kappa shape index (κ2) is 5.79. The van der Waals surface area contributed by atoms with E-state index in [0.717, 1.165) is 21.2 Å². The van der Waals surface area contributed by atoms with Crippen LogP contribution in [-0.2, 0) is 6.54 Å². The number of halogens is 1. The molecule has 0 spiro atoms. The number of aromatic nitrogens is 1. The van der Waals surface area contributed by atoms with E-state index in [2.05, 4.69) is 26.2 Å². The number of nitro benzene ring substituents is 1. The SMILES string of the molecule is O=[N+]([O-])c1ccc2nc(NCc3sccc3Br)ccc2c1. The average molecular weight is 364 g/mol. The maximum atomic E-state index is 10.7. The van der Waals surface area contributed by atoms with E-state index in [9.17, 15) is 10.1 Å². The second-order valence-electron chi connectivity index (χ2n) is 4.38. The summed E-state index contributed by atoms with van der Waals surface area (Å²) < 4.78 is 1.08. The Balaban J connectivity index is 1.82. The highest BCUT2D eigenvalue weighted by atomic mass is 79.9. The van der Waals surface area contributed by atoms with Crippen molar-refractivity contribution in [2.24, 2.45) is 0 Å². The summed E-state index contributed by atoms with van der Waals surface area (Å²) in [5.41, 5.74) is 0.809. The number of anilines is 1. The molecule has 0 amide bonds. The van der Waals surface area contributed by atoms with Crippen LogP contribution in [0, 0.1) is 10.1 Å². The molecular weight excluding hydrogens is 354 g/mol. The summed E-state index contributed by atoms with van der Waals surface area (Å²) in [7, 11) is 0. The molecule has 2 heterocycles. The third kappa shape index (κ3) is 3.03. The van der Waals surface area contributed by atoms with Crippen LogP contribution in [-0.4, -0.2) is 9.91 Å². The zero-order valence-electron chi connectivity index (χ0n) is 10.7. The molecule has 2 aromatic heterocycles. The first-order valence-electron chi connectivity index (χ1n) is 6.14. The minimum absolute atomic E-state index is 0.0764. The van der Waals surface area contributed by atoms with Crippen molar-refractivity contribution in [3.8, 4) is 0 Å². The van der Waals surface area contributed by atoms with Crippen molar-refractivity contribution in [2.75, 3.05) is 5.32 Å². The topological polar surface area (TPSA) is 68.1 Å². The van der Waals surface area contributed by atoms with E-state index >= 15 is 0 Å². The molecule has 1 aromatic carbocycles. The molecule has 0 atom stereocenters. The first-order chi connectivity index (χ1) is 10.1. The lowest BCUT2D eigenvalue weighted by atomic mass is 10.2. The van der Waals surface area contributed by atoms with Gasteiger partial charge in [0.2, 0.25) is 0 Å². The quantitative estimate of drug-likeness (QED) is 0.544. The van der Waals surface area contributed by atoms with Crippen LogP contribution in [0.1, 0.15) is 4.88 Å². The van der Waals surface area contributed by atoms with Crippen molar-refractivity contribution in [1.29, 1.82) is 0 Å². The monoisotopic (exact) mass is 363 g/mol. The van der Waals surface area contributed by atoms with Gasteiger partial charge in [-0.3, -0.25) is 10.1 Å². The fourth-order valence-electron chi connectivity index (χ4n) is 1.95. The molecular formula is C14H10BrN3O2S. The molecule has 3 aromatic rings. The number of rotatable bonds is 4. The molecule has 21 heavy (non-hydrogen) atoms. The highest BCUT2D eigenvalue weighted by Crippen LogP contribution is 2.24. The van der Waals surface area contributed by atoms with E-state index in [-0.39, 0.29) is 5.69 Å². The van der Waals surface area contributed by atoms with E-state index in [1.165, 1.54) is 17.0 Å². The van der Waals surface area contributed by atoms with Crippen LogP contribution < -0.4 is 5.32 Å². The van der Waals surface area contributed by atoms with Gasteiger partial charge in [0.15, 0.2) is 0 Å². The molecule has 0 aliphatic rings. The molecule has 7 heteroatoms. The highest BCUT2D eigenvalue weighted by molar-refractivity contribution is 9.10. The van der Waals surface area contributed by atoms with Crippen molar-refractivity contribution in [2.45, 2.75) is 6.54 Å². The third-order valence-electron chi connectivity index (χ3n) is 3.00. The minimum Gasteiger partial charge on any atom is -0.365 e. The minimum atomic E-state index is -0.403. The molecule has 0 aliphatic heterocycles. The van der Waals surface area contributed by atoms with Gasteiger partial charge < -0.3 is 5.32 Å². The van der Waals surface area contributed by atoms with Crippen molar-refractivity contribution < 1.29 is 4.92 Å². The van der Waals surface area contributed by atoms with E-state index < -0.39 is 4.92 Å². The summed E-state index contributed by atoms with van der Waals surface area (Å²) in [6.07, 6.45) is 0. The average Bonchev–Trinajstić information content (AvgIpc) is 2.89. The van der Waals surface area contributed by atoms with Gasteiger partial charge in [-0.1, -0.05) is 0 Å². The largest absolute Gasteiger partial charge is 0.365 e. The molecule has 3 rings (SSSR count). The number of hydrogen-bond acceptors (Lipinski definition) is 5. The van der Waals surface area contributed by atoms with Crippen LogP contribution in [0.2, 0.25) is 0 Å². The van der Waals surface area contributed by atoms with Crippen LogP contribution in [0.15, 0.2) is 46.3 Å². The van der Waals surface area contributed by atoms with Crippen LogP contribution >= 0.6 is 27.3 Å². The van der Waals surface area contributed by atoms with Crippen LogP contribution in [0.4, 0.5) is 11.5 Å². The smallest absolute Gasteiger partial charge is 0.270 e. The summed E-state index contributed by atoms with van der Waals surface area (Å²) in [6.45, 7) is 0.684. The maximum absolute atomic E-state index is 10.7. The van der Waals surface area contributed by atoms with Crippen molar-refractivity contribution in [3.05, 3.63) is 61.2 Å². The summed E-state index contributed by atoms with van der Waals surface area (Å²) >= 11 is 5.15. The second-order valence-corrected chi connectivity index (χ2v) is 6.23. The Labute approximate surface area is 132 Å². The van der Waals surface area contributed by atoms with Gasteiger partial charge in [-0.15, -0.1) is 11.3 Å². The Bertz CT molecular complexity index is 819. The number of pyridine rings is 1. The first kappa shape index (κ1) is 14.0. The van der Waals surface area contributed by atoms with E-state index in [0.29, 0.717) is 6.54 Å². The predicted octanol–water partition coefficient (Wildman–Crippen LogP) is 4.58. The zero-order chi connectivity index (χ0) is 14.8. The summed E-state index contributed by atoms with van der Waals surface area (Å²) in [5, 5.41) is 16.8. The number of hydrogen-bond donors (Lipinski definition) is 1. The molecule has 0 fully saturated rings. The van der Waals surface area contributed by atoms with E-state index in [4.69, 9.17) is 0 Å². The zero-order valence-corrected chi connectivity index (χ0v) is 13.1. The van der Waals surface area contributed by atoms with Gasteiger partial charge >= 0.3 is 0 Å². The lowest BCUT2D eigenvalue weighted by Gasteiger charge is -2.06. The van der Waals surface area contributed by atoms with Crippen LogP contribution in [0.25, 0.3) is 10.9 Å². The number of nitrogens with one attached hydrogen (secondary N) is 1. The summed E-state index contributed by atoms with van der Waals surface area (Å²) in [4.78, 5) is 16.0. The lowest BCUT2D eigenvalue weighted by Crippen LogP contribution is -2.00. The summed E-state index contributed by atoms with van der Waals surface area (Å²) in [5.74, 6) is 0.747. The van der Waals surface area contributed by atoms with Gasteiger partial charge in [0, 0.05) is 26.9 Å². The Kier molecular flexibility index (Phi) is 3.85. The Morgan fingerprint density at radius 3 is 2.86 bits per heavy atom. The molecule has 106 valence electrons. The number of benzene rings is 1. The fourth-order valence-corrected chi connectivity index (χ4v) is 3.38. The van der Waals surface area contributed by atoms with Gasteiger partial charge in [0.1, 0.15) is 5.82 Å². The Morgan fingerprint density at radius 2 is 2.14 bits per heavy atom. The normalized spacial score (nSPS) is 10.7. The van der Waals surface area contributed by atoms with Gasteiger partial charge in [-0.05, 0) is 45.6 Å². The van der Waals surface area contributed by atoms with Crippen LogP contribution in [0.3, 0.4) is 0 Å². The molecule has 5 nitrogen and oxygen atoms in total. The van der Waals surface area contributed by atoms with Gasteiger partial charge in [0.25, 0.3) is 5.69 Å². The van der Waals surface area contributed by atoms with Gasteiger partial charge in [0.05, 0.1) is 17.0 Å². The van der Waals surface area contributed by atoms with Crippen molar-refractivity contribution in [1.82, 2.24) is 4.98 Å². The summed E-state index contributed by atoms with van der Waals surface area (Å²) in [6, 6.07) is 10.3. The number of non-ortho nitro benzene ring substituents is 1. The van der Waals surface area contributed by atoms with Crippen molar-refractivity contribution >= 4 is 49.7 Å². The van der Waals surface area contributed by atoms with Gasteiger partial charge in [-0.2, -0.15) is 0 Å². The molecule has 0 saturated heterocycles. The number of fused-ring (bicyclic) bond motifs is 1. The predicted molar refractivity (Wildman–Crippen MR) is 87.7 cm³/mol. The number of thiophene rings is 1. The molecule has 0 radical (unpaired) electrons. The number of nitro groups is 1. The van der Waals surface area contributed by atoms with Crippen LogP contribution in [0.5, 0.6) is 0 Å².